The van der Waals surface area contributed by atoms with Crippen molar-refractivity contribution in [3.8, 4) is 5.75 Å². The van der Waals surface area contributed by atoms with Gasteiger partial charge >= 0.3 is 12.5 Å². The molecule has 2 N–H and O–H groups in total. The molecule has 0 aliphatic carbocycles. The van der Waals surface area contributed by atoms with E-state index in [-0.39, 0.29) is 50.0 Å². The van der Waals surface area contributed by atoms with E-state index in [9.17, 15) is 27.6 Å². The quantitative estimate of drug-likeness (QED) is 0.807. The number of nitrogens with two attached hydrogens (primary N) is 1. The number of nitrogens with zero attached hydrogens (tertiary/aromatic N) is 2. The minimum Gasteiger partial charge on any atom is -0.436 e. The van der Waals surface area contributed by atoms with Crippen LogP contribution >= 0.6 is 0 Å². The van der Waals surface area contributed by atoms with Crippen molar-refractivity contribution in [3.63, 3.8) is 0 Å². The fourth-order valence-electron chi connectivity index (χ4n) is 2.76. The second-order valence-corrected chi connectivity index (χ2v) is 6.02. The van der Waals surface area contributed by atoms with E-state index >= 15 is 0 Å². The fourth-order valence-corrected chi connectivity index (χ4v) is 2.76. The summed E-state index contributed by atoms with van der Waals surface area (Å²) in [6.07, 6.45) is -6.54. The molecule has 1 fully saturated rings. The molecule has 1 atom stereocenters. The molecule has 1 aromatic carbocycles. The smallest absolute Gasteiger partial charge is 0.436 e. The number of hydrogen-bond donors (Lipinski definition) is 1. The maximum Gasteiger partial charge on any atom is 0.573 e. The Morgan fingerprint density at radius 3 is 2.07 bits per heavy atom. The highest BCUT2D eigenvalue weighted by molar-refractivity contribution is 5.94. The molecule has 0 radical (unpaired) electrons. The first-order valence-corrected chi connectivity index (χ1v) is 8.50. The van der Waals surface area contributed by atoms with Crippen molar-refractivity contribution in [2.45, 2.75) is 25.8 Å². The van der Waals surface area contributed by atoms with Crippen LogP contribution in [0.1, 0.15) is 23.7 Å². The zero-order valence-corrected chi connectivity index (χ0v) is 15.1. The van der Waals surface area contributed by atoms with E-state index in [0.29, 0.717) is 0 Å². The number of alkyl halides is 3. The number of hydrogen-bond acceptors (Lipinski definition) is 5. The van der Waals surface area contributed by atoms with Crippen LogP contribution in [0.3, 0.4) is 0 Å². The van der Waals surface area contributed by atoms with Crippen LogP contribution in [-0.2, 0) is 9.53 Å². The van der Waals surface area contributed by atoms with Gasteiger partial charge in [0.25, 0.3) is 11.8 Å². The van der Waals surface area contributed by atoms with Crippen LogP contribution in [0.25, 0.3) is 0 Å². The van der Waals surface area contributed by atoms with Crippen LogP contribution in [-0.4, -0.2) is 66.4 Å². The van der Waals surface area contributed by atoms with Gasteiger partial charge in [-0.1, -0.05) is 6.92 Å². The molecule has 0 aromatic heterocycles. The number of carbonyl (C=O) groups is 3. The topological polar surface area (TPSA) is 102 Å². The van der Waals surface area contributed by atoms with Gasteiger partial charge in [0, 0.05) is 31.7 Å². The van der Waals surface area contributed by atoms with Gasteiger partial charge in [-0.05, 0) is 30.7 Å². The molecule has 1 saturated heterocycles. The van der Waals surface area contributed by atoms with Crippen LogP contribution in [0, 0.1) is 0 Å². The molecule has 2 rings (SSSR count). The third-order valence-electron chi connectivity index (χ3n) is 4.12. The minimum atomic E-state index is -4.80. The summed E-state index contributed by atoms with van der Waals surface area (Å²) < 4.78 is 45.1. The van der Waals surface area contributed by atoms with Gasteiger partial charge in [-0.15, -0.1) is 13.2 Å². The zero-order chi connectivity index (χ0) is 20.9. The van der Waals surface area contributed by atoms with Gasteiger partial charge in [-0.2, -0.15) is 0 Å². The van der Waals surface area contributed by atoms with E-state index in [2.05, 4.69) is 4.74 Å². The number of ether oxygens (including phenoxy) is 2. The number of halogens is 3. The van der Waals surface area contributed by atoms with Crippen LogP contribution in [0.5, 0.6) is 5.75 Å². The summed E-state index contributed by atoms with van der Waals surface area (Å²) in [5.41, 5.74) is 5.16. The van der Waals surface area contributed by atoms with Gasteiger partial charge in [-0.25, -0.2) is 4.79 Å². The third-order valence-corrected chi connectivity index (χ3v) is 4.12. The Morgan fingerprint density at radius 1 is 1.07 bits per heavy atom. The molecule has 3 amide bonds. The molecule has 8 nitrogen and oxygen atoms in total. The lowest BCUT2D eigenvalue weighted by Crippen LogP contribution is -2.53. The van der Waals surface area contributed by atoms with E-state index in [0.717, 1.165) is 12.1 Å². The molecular formula is C17H20F3N3O5. The van der Waals surface area contributed by atoms with Crippen molar-refractivity contribution < 1.29 is 37.0 Å². The van der Waals surface area contributed by atoms with E-state index < -0.39 is 24.3 Å². The Bertz CT molecular complexity index is 716. The lowest BCUT2D eigenvalue weighted by atomic mass is 10.1. The van der Waals surface area contributed by atoms with Crippen LogP contribution in [0.15, 0.2) is 24.3 Å². The molecule has 1 heterocycles. The highest BCUT2D eigenvalue weighted by Gasteiger charge is 2.32. The Hall–Kier alpha value is -2.98. The van der Waals surface area contributed by atoms with Crippen molar-refractivity contribution in [1.29, 1.82) is 0 Å². The average Bonchev–Trinajstić information content (AvgIpc) is 2.64. The van der Waals surface area contributed by atoms with Crippen molar-refractivity contribution in [2.75, 3.05) is 26.2 Å². The van der Waals surface area contributed by atoms with Crippen molar-refractivity contribution in [3.05, 3.63) is 29.8 Å². The number of primary amides is 1. The number of piperazine rings is 1. The summed E-state index contributed by atoms with van der Waals surface area (Å²) in [6, 6.07) is 4.62. The SMILES string of the molecule is CC[C@H](OC(N)=O)C(=O)N1CCN(C(=O)c2ccc(OC(F)(F)F)cc2)CC1. The summed E-state index contributed by atoms with van der Waals surface area (Å²) in [4.78, 5) is 38.6. The van der Waals surface area contributed by atoms with E-state index in [1.54, 1.807) is 6.92 Å². The molecule has 1 aromatic rings. The molecule has 0 bridgehead atoms. The summed E-state index contributed by atoms with van der Waals surface area (Å²) in [5.74, 6) is -1.17. The second kappa shape index (κ2) is 8.81. The average molecular weight is 403 g/mol. The highest BCUT2D eigenvalue weighted by Crippen LogP contribution is 2.23. The van der Waals surface area contributed by atoms with Crippen molar-refractivity contribution >= 4 is 17.9 Å². The normalized spacial score (nSPS) is 15.7. The molecule has 11 heteroatoms. The lowest BCUT2D eigenvalue weighted by Gasteiger charge is -2.36. The standard InChI is InChI=1S/C17H20F3N3O5/c1-2-13(27-16(21)26)15(25)23-9-7-22(8-10-23)14(24)11-3-5-12(6-4-11)28-17(18,19)20/h3-6,13H,2,7-10H2,1H3,(H2,21,26)/t13-/m0/s1. The van der Waals surface area contributed by atoms with E-state index in [4.69, 9.17) is 10.5 Å². The van der Waals surface area contributed by atoms with Gasteiger partial charge in [-0.3, -0.25) is 9.59 Å². The second-order valence-electron chi connectivity index (χ2n) is 6.02. The summed E-state index contributed by atoms with van der Waals surface area (Å²) in [7, 11) is 0. The molecular weight excluding hydrogens is 383 g/mol. The van der Waals surface area contributed by atoms with Gasteiger partial charge < -0.3 is 25.0 Å². The van der Waals surface area contributed by atoms with Crippen molar-refractivity contribution in [2.24, 2.45) is 5.73 Å². The number of carbonyl (C=O) groups excluding carboxylic acids is 3. The Balaban J connectivity index is 1.92. The first-order chi connectivity index (χ1) is 13.1. The summed E-state index contributed by atoms with van der Waals surface area (Å²) in [6.45, 7) is 2.62. The number of benzene rings is 1. The van der Waals surface area contributed by atoms with Crippen LogP contribution < -0.4 is 10.5 Å². The Kier molecular flexibility index (Phi) is 6.71. The Labute approximate surface area is 159 Å². The van der Waals surface area contributed by atoms with Gasteiger partial charge in [0.15, 0.2) is 6.10 Å². The molecule has 0 spiro atoms. The van der Waals surface area contributed by atoms with Gasteiger partial charge in [0.2, 0.25) is 0 Å². The van der Waals surface area contributed by atoms with Crippen LogP contribution in [0.2, 0.25) is 0 Å². The summed E-state index contributed by atoms with van der Waals surface area (Å²) in [5, 5.41) is 0. The maximum atomic E-state index is 12.5. The largest absolute Gasteiger partial charge is 0.573 e. The first kappa shape index (κ1) is 21.3. The molecule has 1 aliphatic rings. The lowest BCUT2D eigenvalue weighted by molar-refractivity contribution is -0.274. The zero-order valence-electron chi connectivity index (χ0n) is 15.1. The molecule has 1 aliphatic heterocycles. The maximum absolute atomic E-state index is 12.5. The highest BCUT2D eigenvalue weighted by atomic mass is 19.4. The van der Waals surface area contributed by atoms with Crippen molar-refractivity contribution in [1.82, 2.24) is 9.80 Å². The van der Waals surface area contributed by atoms with Gasteiger partial charge in [0.1, 0.15) is 5.75 Å². The monoisotopic (exact) mass is 403 g/mol. The predicted molar refractivity (Wildman–Crippen MR) is 90.4 cm³/mol. The Morgan fingerprint density at radius 2 is 1.61 bits per heavy atom. The van der Waals surface area contributed by atoms with Gasteiger partial charge in [0.05, 0.1) is 0 Å². The molecule has 0 unspecified atom stereocenters. The minimum absolute atomic E-state index is 0.206. The molecule has 28 heavy (non-hydrogen) atoms. The van der Waals surface area contributed by atoms with E-state index in [1.807, 2.05) is 0 Å². The van der Waals surface area contributed by atoms with Crippen LogP contribution in [0.4, 0.5) is 18.0 Å². The molecule has 0 saturated carbocycles. The predicted octanol–water partition coefficient (Wildman–Crippen LogP) is 1.74. The number of amides is 3. The first-order valence-electron chi connectivity index (χ1n) is 8.50. The molecule has 154 valence electrons. The fraction of sp³-hybridized carbons (Fsp3) is 0.471. The third kappa shape index (κ3) is 5.76. The van der Waals surface area contributed by atoms with E-state index in [1.165, 1.54) is 21.9 Å². The number of rotatable bonds is 5. The summed E-state index contributed by atoms with van der Waals surface area (Å²) >= 11 is 0.